The summed E-state index contributed by atoms with van der Waals surface area (Å²) in [6.07, 6.45) is 16.8. The fourth-order valence-electron chi connectivity index (χ4n) is 5.08. The maximum absolute atomic E-state index is 12.8. The van der Waals surface area contributed by atoms with E-state index in [-0.39, 0.29) is 36.8 Å². The number of hydrogen-bond donors (Lipinski definition) is 2. The second kappa shape index (κ2) is 15.6. The number of aliphatic hydroxyl groups is 2. The summed E-state index contributed by atoms with van der Waals surface area (Å²) in [5.74, 6) is -0.00204. The van der Waals surface area contributed by atoms with Crippen LogP contribution >= 0.6 is 0 Å². The molecule has 2 rings (SSSR count). The predicted molar refractivity (Wildman–Crippen MR) is 142 cm³/mol. The lowest BCUT2D eigenvalue weighted by Gasteiger charge is -2.24. The molecule has 0 aromatic heterocycles. The van der Waals surface area contributed by atoms with Crippen LogP contribution < -0.4 is 0 Å². The lowest BCUT2D eigenvalue weighted by molar-refractivity contribution is -0.131. The molecule has 5 nitrogen and oxygen atoms in total. The summed E-state index contributed by atoms with van der Waals surface area (Å²) in [6.45, 7) is 12.0. The normalized spacial score (nSPS) is 29.6. The first kappa shape index (κ1) is 29.7. The van der Waals surface area contributed by atoms with Gasteiger partial charge < -0.3 is 19.7 Å². The van der Waals surface area contributed by atoms with Crippen LogP contribution in [0.5, 0.6) is 0 Å². The van der Waals surface area contributed by atoms with Gasteiger partial charge >= 0.3 is 0 Å². The van der Waals surface area contributed by atoms with E-state index in [0.717, 1.165) is 44.9 Å². The van der Waals surface area contributed by atoms with Crippen molar-refractivity contribution >= 4 is 5.78 Å². The van der Waals surface area contributed by atoms with E-state index in [1.54, 1.807) is 6.08 Å². The second-order valence-electron chi connectivity index (χ2n) is 10.6. The summed E-state index contributed by atoms with van der Waals surface area (Å²) >= 11 is 0. The summed E-state index contributed by atoms with van der Waals surface area (Å²) in [6, 6.07) is 0. The summed E-state index contributed by atoms with van der Waals surface area (Å²) in [5.41, 5.74) is 2.47. The zero-order valence-corrected chi connectivity index (χ0v) is 22.3. The molecule has 5 heteroatoms. The third-order valence-corrected chi connectivity index (χ3v) is 7.53. The van der Waals surface area contributed by atoms with Crippen molar-refractivity contribution in [2.75, 3.05) is 6.61 Å². The molecule has 0 unspecified atom stereocenters. The number of carbonyl (C=O) groups is 1. The Labute approximate surface area is 213 Å². The van der Waals surface area contributed by atoms with Crippen LogP contribution in [0.2, 0.25) is 0 Å². The molecule has 2 heterocycles. The van der Waals surface area contributed by atoms with Crippen LogP contribution in [0.15, 0.2) is 48.1 Å². The monoisotopic (exact) mass is 488 g/mol. The van der Waals surface area contributed by atoms with Crippen LogP contribution in [0, 0.1) is 11.8 Å². The van der Waals surface area contributed by atoms with Gasteiger partial charge in [-0.1, -0.05) is 62.0 Å². The van der Waals surface area contributed by atoms with Crippen molar-refractivity contribution < 1.29 is 24.5 Å². The summed E-state index contributed by atoms with van der Waals surface area (Å²) in [4.78, 5) is 12.8. The standard InChI is InChI=1S/C30H48O5/c1-6-7-8-12-25-13-14-26(34-25)15-16-27(32)24(5)30(33)29-20-23(4)28(35-29)19-22(3)11-9-10-21(2)17-18-31/h6-8,10-11,23-26,28-31,33H,1,9,12-20H2,2-5H3/b8-7+,21-10+,22-11-/t23-,24-,25-,26-,28-,29+,30-/m0/s1. The molecule has 2 fully saturated rings. The molecule has 2 aliphatic rings. The van der Waals surface area contributed by atoms with Crippen molar-refractivity contribution in [2.24, 2.45) is 11.8 Å². The smallest absolute Gasteiger partial charge is 0.138 e. The minimum Gasteiger partial charge on any atom is -0.396 e. The summed E-state index contributed by atoms with van der Waals surface area (Å²) < 4.78 is 12.3. The highest BCUT2D eigenvalue weighted by Gasteiger charge is 2.39. The Bertz CT molecular complexity index is 752. The number of Topliss-reactive ketones (excluding diaryl/α,β-unsaturated/α-hetero) is 1. The van der Waals surface area contributed by atoms with Gasteiger partial charge in [-0.05, 0) is 71.1 Å². The molecule has 0 aromatic rings. The number of rotatable bonds is 15. The molecule has 198 valence electrons. The van der Waals surface area contributed by atoms with Crippen LogP contribution in [-0.4, -0.2) is 53.1 Å². The minimum atomic E-state index is -0.774. The zero-order chi connectivity index (χ0) is 25.8. The number of ether oxygens (including phenoxy) is 2. The largest absolute Gasteiger partial charge is 0.396 e. The number of carbonyl (C=O) groups excluding carboxylic acids is 1. The Morgan fingerprint density at radius 1 is 1.11 bits per heavy atom. The Morgan fingerprint density at radius 2 is 1.83 bits per heavy atom. The maximum atomic E-state index is 12.8. The summed E-state index contributed by atoms with van der Waals surface area (Å²) in [7, 11) is 0. The van der Waals surface area contributed by atoms with Crippen molar-refractivity contribution in [1.82, 2.24) is 0 Å². The van der Waals surface area contributed by atoms with E-state index < -0.39 is 12.0 Å². The van der Waals surface area contributed by atoms with E-state index in [4.69, 9.17) is 14.6 Å². The number of aliphatic hydroxyl groups excluding tert-OH is 2. The molecule has 0 bridgehead atoms. The Morgan fingerprint density at radius 3 is 2.54 bits per heavy atom. The average Bonchev–Trinajstić information content (AvgIpc) is 3.43. The SMILES string of the molecule is C=C/C=C/C[C@H]1CC[C@@H](CCC(=O)[C@H](C)[C@H](O)[C@H]2C[C@H](C)[C@H](C/C(C)=C\C/C=C(\C)CCO)O2)O1. The molecule has 0 amide bonds. The molecule has 0 saturated carbocycles. The highest BCUT2D eigenvalue weighted by Crippen LogP contribution is 2.34. The Balaban J connectivity index is 1.76. The van der Waals surface area contributed by atoms with Crippen LogP contribution in [-0.2, 0) is 14.3 Å². The Hall–Kier alpha value is -1.53. The van der Waals surface area contributed by atoms with Crippen molar-refractivity contribution in [1.29, 1.82) is 0 Å². The van der Waals surface area contributed by atoms with Gasteiger partial charge in [0.15, 0.2) is 0 Å². The quantitative estimate of drug-likeness (QED) is 0.223. The van der Waals surface area contributed by atoms with E-state index in [1.807, 2.05) is 19.9 Å². The van der Waals surface area contributed by atoms with Gasteiger partial charge in [-0.2, -0.15) is 0 Å². The van der Waals surface area contributed by atoms with Crippen LogP contribution in [0.4, 0.5) is 0 Å². The third kappa shape index (κ3) is 10.2. The first-order valence-electron chi connectivity index (χ1n) is 13.5. The molecule has 35 heavy (non-hydrogen) atoms. The molecule has 2 saturated heterocycles. The minimum absolute atomic E-state index is 0.0645. The molecule has 0 radical (unpaired) electrons. The lowest BCUT2D eigenvalue weighted by Crippen LogP contribution is -2.36. The van der Waals surface area contributed by atoms with Crippen molar-refractivity contribution in [2.45, 2.75) is 116 Å². The van der Waals surface area contributed by atoms with E-state index in [1.165, 1.54) is 11.1 Å². The molecule has 2 N–H and O–H groups in total. The highest BCUT2D eigenvalue weighted by molar-refractivity contribution is 5.81. The van der Waals surface area contributed by atoms with E-state index >= 15 is 0 Å². The third-order valence-electron chi connectivity index (χ3n) is 7.53. The van der Waals surface area contributed by atoms with Crippen LogP contribution in [0.3, 0.4) is 0 Å². The van der Waals surface area contributed by atoms with Gasteiger partial charge in [0, 0.05) is 18.9 Å². The van der Waals surface area contributed by atoms with Gasteiger partial charge in [0.1, 0.15) is 5.78 Å². The summed E-state index contributed by atoms with van der Waals surface area (Å²) in [5, 5.41) is 19.9. The van der Waals surface area contributed by atoms with Gasteiger partial charge in [-0.25, -0.2) is 0 Å². The molecular formula is C30H48O5. The lowest BCUT2D eigenvalue weighted by atomic mass is 9.89. The molecule has 7 atom stereocenters. The van der Waals surface area contributed by atoms with Crippen molar-refractivity contribution in [3.05, 3.63) is 48.1 Å². The molecular weight excluding hydrogens is 440 g/mol. The first-order valence-corrected chi connectivity index (χ1v) is 13.5. The number of hydrogen-bond acceptors (Lipinski definition) is 5. The second-order valence-corrected chi connectivity index (χ2v) is 10.6. The molecule has 0 spiro atoms. The average molecular weight is 489 g/mol. The fourth-order valence-corrected chi connectivity index (χ4v) is 5.08. The molecule has 2 aliphatic heterocycles. The van der Waals surface area contributed by atoms with Gasteiger partial charge in [-0.15, -0.1) is 0 Å². The van der Waals surface area contributed by atoms with E-state index in [2.05, 4.69) is 38.7 Å². The highest BCUT2D eigenvalue weighted by atomic mass is 16.5. The maximum Gasteiger partial charge on any atom is 0.138 e. The van der Waals surface area contributed by atoms with Gasteiger partial charge in [-0.3, -0.25) is 4.79 Å². The molecule has 0 aliphatic carbocycles. The number of allylic oxidation sites excluding steroid dienone is 4. The van der Waals surface area contributed by atoms with Crippen LogP contribution in [0.1, 0.15) is 85.5 Å². The van der Waals surface area contributed by atoms with E-state index in [0.29, 0.717) is 18.8 Å². The van der Waals surface area contributed by atoms with Crippen LogP contribution in [0.25, 0.3) is 0 Å². The first-order chi connectivity index (χ1) is 16.7. The van der Waals surface area contributed by atoms with Crippen molar-refractivity contribution in [3.8, 4) is 0 Å². The fraction of sp³-hybridized carbons (Fsp3) is 0.700. The number of ketones is 1. The van der Waals surface area contributed by atoms with Gasteiger partial charge in [0.05, 0.1) is 30.5 Å². The predicted octanol–water partition coefficient (Wildman–Crippen LogP) is 5.86. The Kier molecular flexibility index (Phi) is 13.2. The van der Waals surface area contributed by atoms with Crippen molar-refractivity contribution in [3.63, 3.8) is 0 Å². The van der Waals surface area contributed by atoms with Gasteiger partial charge in [0.25, 0.3) is 0 Å². The zero-order valence-electron chi connectivity index (χ0n) is 22.3. The van der Waals surface area contributed by atoms with E-state index in [9.17, 15) is 9.90 Å². The topological polar surface area (TPSA) is 76.0 Å². The van der Waals surface area contributed by atoms with Gasteiger partial charge in [0.2, 0.25) is 0 Å². The molecule has 0 aromatic carbocycles.